The second-order valence-electron chi connectivity index (χ2n) is 10.8. The van der Waals surface area contributed by atoms with E-state index >= 15 is 0 Å². The van der Waals surface area contributed by atoms with Gasteiger partial charge in [-0.2, -0.15) is 13.0 Å². The number of fused-ring (bicyclic) bond motifs is 2. The van der Waals surface area contributed by atoms with Gasteiger partial charge in [-0.3, -0.25) is 4.55 Å². The first-order chi connectivity index (χ1) is 21.3. The molecule has 1 aliphatic heterocycles. The van der Waals surface area contributed by atoms with Crippen molar-refractivity contribution in [2.45, 2.75) is 33.2 Å². The fourth-order valence-electron chi connectivity index (χ4n) is 5.49. The molecule has 4 aromatic carbocycles. The second kappa shape index (κ2) is 12.5. The summed E-state index contributed by atoms with van der Waals surface area (Å²) in [4.78, 5) is 2.20. The summed E-state index contributed by atoms with van der Waals surface area (Å²) in [6, 6.07) is 32.4. The summed E-state index contributed by atoms with van der Waals surface area (Å²) in [5.41, 5.74) is 7.63. The lowest BCUT2D eigenvalue weighted by Crippen LogP contribution is -2.38. The van der Waals surface area contributed by atoms with Crippen molar-refractivity contribution in [3.8, 4) is 28.0 Å². The average molecular weight is 608 g/mol. The summed E-state index contributed by atoms with van der Waals surface area (Å²) in [5, 5.41) is 0. The van der Waals surface area contributed by atoms with Crippen LogP contribution in [0.1, 0.15) is 32.6 Å². The van der Waals surface area contributed by atoms with Crippen LogP contribution in [0.4, 0.5) is 5.69 Å². The predicted octanol–water partition coefficient (Wildman–Crippen LogP) is 7.89. The summed E-state index contributed by atoms with van der Waals surface area (Å²) >= 11 is 0. The summed E-state index contributed by atoms with van der Waals surface area (Å²) < 4.78 is 47.5. The molecule has 0 atom stereocenters. The summed E-state index contributed by atoms with van der Waals surface area (Å²) in [5.74, 6) is 1.59. The van der Waals surface area contributed by atoms with Crippen LogP contribution in [0, 0.1) is 0 Å². The molecule has 1 N–H and O–H groups in total. The van der Waals surface area contributed by atoms with Crippen LogP contribution < -0.4 is 14.2 Å². The molecule has 0 unspecified atom stereocenters. The van der Waals surface area contributed by atoms with Crippen molar-refractivity contribution in [1.82, 2.24) is 0 Å². The van der Waals surface area contributed by atoms with E-state index in [0.717, 1.165) is 63.6 Å². The molecule has 0 aliphatic carbocycles. The van der Waals surface area contributed by atoms with Crippen LogP contribution in [0.25, 0.3) is 39.4 Å². The smallest absolute Gasteiger partial charge is 0.374 e. The Kier molecular flexibility index (Phi) is 8.37. The molecule has 0 saturated carbocycles. The van der Waals surface area contributed by atoms with E-state index in [2.05, 4.69) is 43.0 Å². The van der Waals surface area contributed by atoms with Gasteiger partial charge in [0.2, 0.25) is 11.5 Å². The van der Waals surface area contributed by atoms with E-state index in [1.54, 1.807) is 0 Å². The SMILES string of the molecule is CCCN1C(=CC(=Cc2oc3ccc(-c4ccccc4)cc3[n+]2CCS(=O)(=O)O)CC)Oc2ccc(-c3ccccc3)cc21. The van der Waals surface area contributed by atoms with Gasteiger partial charge < -0.3 is 14.1 Å². The maximum Gasteiger partial charge on any atom is 0.374 e. The van der Waals surface area contributed by atoms with Crippen LogP contribution in [0.2, 0.25) is 0 Å². The van der Waals surface area contributed by atoms with Gasteiger partial charge in [0.05, 0.1) is 11.8 Å². The van der Waals surface area contributed by atoms with Crippen LogP contribution in [0.15, 0.2) is 119 Å². The van der Waals surface area contributed by atoms with Gasteiger partial charge in [-0.15, -0.1) is 0 Å². The number of rotatable bonds is 10. The average Bonchev–Trinajstić information content (AvgIpc) is 3.56. The van der Waals surface area contributed by atoms with Crippen molar-refractivity contribution in [1.29, 1.82) is 0 Å². The molecule has 5 aromatic rings. The normalized spacial score (nSPS) is 14.3. The molecule has 6 rings (SSSR count). The van der Waals surface area contributed by atoms with Crippen LogP contribution in [-0.4, -0.2) is 25.3 Å². The van der Waals surface area contributed by atoms with Crippen LogP contribution >= 0.6 is 0 Å². The predicted molar refractivity (Wildman–Crippen MR) is 175 cm³/mol. The van der Waals surface area contributed by atoms with Gasteiger partial charge in [0.1, 0.15) is 5.75 Å². The van der Waals surface area contributed by atoms with E-state index < -0.39 is 15.9 Å². The molecule has 0 spiro atoms. The number of hydrogen-bond donors (Lipinski definition) is 1. The molecule has 7 nitrogen and oxygen atoms in total. The third-order valence-electron chi connectivity index (χ3n) is 7.72. The molecule has 1 aliphatic rings. The zero-order valence-corrected chi connectivity index (χ0v) is 25.6. The van der Waals surface area contributed by atoms with Gasteiger partial charge in [0, 0.05) is 18.7 Å². The Bertz CT molecular complexity index is 1960. The number of allylic oxidation sites excluding steroid dienone is 2. The first kappa shape index (κ1) is 29.4. The molecular weight excluding hydrogens is 572 g/mol. The van der Waals surface area contributed by atoms with Gasteiger partial charge >= 0.3 is 5.89 Å². The standard InChI is InChI=1S/C36H34N2O5S/c1-3-19-37-31-24-29(27-11-7-5-8-12-27)15-17-33(31)42-35(37)22-26(4-2)23-36-38(20-21-44(39,40)41)32-25-30(16-18-34(32)43-36)28-13-9-6-10-14-28/h5-18,22-25H,3-4,19-21H2,1-2H3/p+1. The first-order valence-electron chi connectivity index (χ1n) is 14.9. The third-order valence-corrected chi connectivity index (χ3v) is 8.42. The quantitative estimate of drug-likeness (QED) is 0.128. The molecule has 8 heteroatoms. The van der Waals surface area contributed by atoms with E-state index in [0.29, 0.717) is 17.9 Å². The lowest BCUT2D eigenvalue weighted by molar-refractivity contribution is -0.673. The molecule has 0 saturated heterocycles. The van der Waals surface area contributed by atoms with Gasteiger partial charge in [-0.25, -0.2) is 0 Å². The highest BCUT2D eigenvalue weighted by molar-refractivity contribution is 7.85. The number of hydrogen-bond acceptors (Lipinski definition) is 5. The topological polar surface area (TPSA) is 83.9 Å². The number of aromatic nitrogens is 1. The number of nitrogens with zero attached hydrogens (tertiary/aromatic N) is 2. The Morgan fingerprint density at radius 3 is 2.16 bits per heavy atom. The minimum Gasteiger partial charge on any atom is -0.439 e. The lowest BCUT2D eigenvalue weighted by Gasteiger charge is -2.18. The zero-order chi connectivity index (χ0) is 30.7. The van der Waals surface area contributed by atoms with E-state index in [9.17, 15) is 13.0 Å². The van der Waals surface area contributed by atoms with Crippen molar-refractivity contribution in [3.05, 3.63) is 120 Å². The summed E-state index contributed by atoms with van der Waals surface area (Å²) in [6.45, 7) is 5.02. The minimum absolute atomic E-state index is 0.0373. The molecule has 0 radical (unpaired) electrons. The molecule has 0 amide bonds. The Balaban J connectivity index is 1.40. The first-order valence-corrected chi connectivity index (χ1v) is 16.5. The van der Waals surface area contributed by atoms with Gasteiger partial charge in [-0.1, -0.05) is 86.6 Å². The number of oxazole rings is 1. The Morgan fingerprint density at radius 1 is 0.864 bits per heavy atom. The molecule has 1 aromatic heterocycles. The Morgan fingerprint density at radius 2 is 1.52 bits per heavy atom. The molecule has 0 bridgehead atoms. The number of anilines is 1. The number of ether oxygens (including phenoxy) is 1. The lowest BCUT2D eigenvalue weighted by atomic mass is 10.0. The Hall–Kier alpha value is -4.66. The van der Waals surface area contributed by atoms with E-state index in [-0.39, 0.29) is 6.54 Å². The fraction of sp³-hybridized carbons (Fsp3) is 0.194. The Labute approximate surface area is 258 Å². The van der Waals surface area contributed by atoms with Crippen molar-refractivity contribution >= 4 is 33.0 Å². The van der Waals surface area contributed by atoms with Crippen molar-refractivity contribution in [2.75, 3.05) is 17.2 Å². The van der Waals surface area contributed by atoms with Crippen LogP contribution in [-0.2, 0) is 16.7 Å². The second-order valence-corrected chi connectivity index (χ2v) is 12.4. The summed E-state index contributed by atoms with van der Waals surface area (Å²) in [7, 11) is -4.19. The maximum atomic E-state index is 11.8. The minimum atomic E-state index is -4.19. The van der Waals surface area contributed by atoms with Gasteiger partial charge in [0.15, 0.2) is 12.3 Å². The molecule has 224 valence electrons. The zero-order valence-electron chi connectivity index (χ0n) is 24.8. The number of aryl methyl sites for hydroxylation is 1. The van der Waals surface area contributed by atoms with Gasteiger partial charge in [0.25, 0.3) is 15.6 Å². The maximum absolute atomic E-state index is 11.8. The monoisotopic (exact) mass is 607 g/mol. The van der Waals surface area contributed by atoms with Crippen molar-refractivity contribution < 1.29 is 26.7 Å². The van der Waals surface area contributed by atoms with Gasteiger partial charge in [-0.05, 0) is 58.9 Å². The van der Waals surface area contributed by atoms with Crippen LogP contribution in [0.3, 0.4) is 0 Å². The largest absolute Gasteiger partial charge is 0.439 e. The molecular formula is C36H35N2O5S+. The molecule has 2 heterocycles. The van der Waals surface area contributed by atoms with Crippen LogP contribution in [0.5, 0.6) is 5.75 Å². The summed E-state index contributed by atoms with van der Waals surface area (Å²) in [6.07, 6.45) is 5.56. The highest BCUT2D eigenvalue weighted by atomic mass is 32.2. The number of benzene rings is 4. The highest BCUT2D eigenvalue weighted by Gasteiger charge is 2.28. The van der Waals surface area contributed by atoms with Crippen molar-refractivity contribution in [3.63, 3.8) is 0 Å². The van der Waals surface area contributed by atoms with Crippen molar-refractivity contribution in [2.24, 2.45) is 0 Å². The van der Waals surface area contributed by atoms with E-state index in [1.807, 2.05) is 89.5 Å². The molecule has 0 fully saturated rings. The van der Waals surface area contributed by atoms with E-state index in [4.69, 9.17) is 9.15 Å². The highest BCUT2D eigenvalue weighted by Crippen LogP contribution is 2.42. The fourth-order valence-corrected chi connectivity index (χ4v) is 5.91. The van der Waals surface area contributed by atoms with E-state index in [1.165, 1.54) is 0 Å². The third kappa shape index (κ3) is 6.32. The molecule has 44 heavy (non-hydrogen) atoms.